The second kappa shape index (κ2) is 9.30. The number of hydrogen-bond donors (Lipinski definition) is 1. The first-order chi connectivity index (χ1) is 16.3. The molecule has 2 amide bonds. The molecule has 34 heavy (non-hydrogen) atoms. The highest BCUT2D eigenvalue weighted by Crippen LogP contribution is 2.36. The third-order valence-corrected chi connectivity index (χ3v) is 5.06. The molecule has 4 rings (SSSR count). The molecule has 0 saturated carbocycles. The summed E-state index contributed by atoms with van der Waals surface area (Å²) in [6, 6.07) is 20.7. The minimum Gasteiger partial charge on any atom is -0.496 e. The number of nitrogens with zero attached hydrogens (tertiary/aromatic N) is 1. The molecule has 1 aliphatic rings. The molecular formula is C25H19F3N2O4. The van der Waals surface area contributed by atoms with Crippen LogP contribution in [0.2, 0.25) is 0 Å². The van der Waals surface area contributed by atoms with Gasteiger partial charge in [-0.05, 0) is 23.8 Å². The van der Waals surface area contributed by atoms with Gasteiger partial charge in [0.1, 0.15) is 17.2 Å². The number of imide groups is 1. The fourth-order valence-corrected chi connectivity index (χ4v) is 3.62. The molecule has 0 fully saturated rings. The number of amides is 2. The van der Waals surface area contributed by atoms with E-state index in [0.29, 0.717) is 11.3 Å². The largest absolute Gasteiger partial charge is 0.573 e. The molecule has 9 heteroatoms. The van der Waals surface area contributed by atoms with Crippen LogP contribution in [0.5, 0.6) is 11.5 Å². The van der Waals surface area contributed by atoms with E-state index in [1.807, 2.05) is 6.07 Å². The van der Waals surface area contributed by atoms with E-state index in [9.17, 15) is 22.8 Å². The monoisotopic (exact) mass is 468 g/mol. The average Bonchev–Trinajstić information content (AvgIpc) is 3.03. The van der Waals surface area contributed by atoms with E-state index in [1.165, 1.54) is 19.2 Å². The molecule has 0 bridgehead atoms. The fraction of sp³-hybridized carbons (Fsp3) is 0.120. The summed E-state index contributed by atoms with van der Waals surface area (Å²) in [6.07, 6.45) is -4.87. The second-order valence-corrected chi connectivity index (χ2v) is 7.33. The zero-order valence-corrected chi connectivity index (χ0v) is 17.9. The molecular weight excluding hydrogens is 449 g/mol. The van der Waals surface area contributed by atoms with Crippen LogP contribution in [-0.4, -0.2) is 30.2 Å². The van der Waals surface area contributed by atoms with Crippen LogP contribution in [0, 0.1) is 0 Å². The molecule has 0 saturated heterocycles. The Bertz CT molecular complexity index is 1260. The van der Waals surface area contributed by atoms with Crippen molar-refractivity contribution in [2.75, 3.05) is 12.4 Å². The molecule has 3 aromatic carbocycles. The van der Waals surface area contributed by atoms with E-state index >= 15 is 0 Å². The molecule has 0 radical (unpaired) electrons. The SMILES string of the molecule is COc1ccccc1C1=C(Nc2cccc(OC(F)(F)F)c2)C(=O)N(Cc2ccccc2)C1=O. The Hall–Kier alpha value is -4.27. The van der Waals surface area contributed by atoms with Crippen LogP contribution in [0.15, 0.2) is 84.6 Å². The smallest absolute Gasteiger partial charge is 0.496 e. The highest BCUT2D eigenvalue weighted by Gasteiger charge is 2.40. The molecule has 0 aromatic heterocycles. The lowest BCUT2D eigenvalue weighted by Gasteiger charge is -2.16. The van der Waals surface area contributed by atoms with Gasteiger partial charge in [-0.15, -0.1) is 13.2 Å². The molecule has 0 unspecified atom stereocenters. The van der Waals surface area contributed by atoms with Crippen molar-refractivity contribution >= 4 is 23.1 Å². The molecule has 0 aliphatic carbocycles. The van der Waals surface area contributed by atoms with Crippen LogP contribution in [0.4, 0.5) is 18.9 Å². The van der Waals surface area contributed by atoms with Crippen molar-refractivity contribution < 1.29 is 32.2 Å². The number of hydrogen-bond acceptors (Lipinski definition) is 5. The number of carbonyl (C=O) groups excluding carboxylic acids is 2. The summed E-state index contributed by atoms with van der Waals surface area (Å²) in [5.74, 6) is -1.26. The summed E-state index contributed by atoms with van der Waals surface area (Å²) < 4.78 is 47.3. The maximum absolute atomic E-state index is 13.4. The van der Waals surface area contributed by atoms with Gasteiger partial charge in [-0.1, -0.05) is 54.6 Å². The minimum absolute atomic E-state index is 0.0273. The third kappa shape index (κ3) is 4.88. The van der Waals surface area contributed by atoms with Crippen LogP contribution in [0.1, 0.15) is 11.1 Å². The lowest BCUT2D eigenvalue weighted by molar-refractivity contribution is -0.274. The molecule has 0 atom stereocenters. The third-order valence-electron chi connectivity index (χ3n) is 5.06. The summed E-state index contributed by atoms with van der Waals surface area (Å²) in [6.45, 7) is 0.0273. The summed E-state index contributed by atoms with van der Waals surface area (Å²) in [7, 11) is 1.44. The van der Waals surface area contributed by atoms with Gasteiger partial charge < -0.3 is 14.8 Å². The van der Waals surface area contributed by atoms with Crippen molar-refractivity contribution in [3.05, 3.63) is 95.7 Å². The van der Waals surface area contributed by atoms with E-state index in [0.717, 1.165) is 22.6 Å². The average molecular weight is 468 g/mol. The van der Waals surface area contributed by atoms with Crippen molar-refractivity contribution in [1.82, 2.24) is 4.90 Å². The van der Waals surface area contributed by atoms with Gasteiger partial charge in [0.15, 0.2) is 0 Å². The number of anilines is 1. The molecule has 0 spiro atoms. The number of halogens is 3. The first-order valence-corrected chi connectivity index (χ1v) is 10.2. The number of para-hydroxylation sites is 1. The Morgan fingerprint density at radius 1 is 0.882 bits per heavy atom. The predicted octanol–water partition coefficient (Wildman–Crippen LogP) is 4.99. The normalized spacial score (nSPS) is 13.9. The first kappa shape index (κ1) is 22.9. The first-order valence-electron chi connectivity index (χ1n) is 10.2. The maximum atomic E-state index is 13.4. The van der Waals surface area contributed by atoms with Crippen LogP contribution in [0.25, 0.3) is 5.57 Å². The van der Waals surface area contributed by atoms with Gasteiger partial charge in [0.05, 0.1) is 19.2 Å². The number of benzene rings is 3. The van der Waals surface area contributed by atoms with Gasteiger partial charge in [0.25, 0.3) is 11.8 Å². The Morgan fingerprint density at radius 2 is 1.59 bits per heavy atom. The van der Waals surface area contributed by atoms with Crippen molar-refractivity contribution in [1.29, 1.82) is 0 Å². The number of methoxy groups -OCH3 is 1. The summed E-state index contributed by atoms with van der Waals surface area (Å²) in [5, 5.41) is 2.83. The number of ether oxygens (including phenoxy) is 2. The predicted molar refractivity (Wildman–Crippen MR) is 119 cm³/mol. The quantitative estimate of drug-likeness (QED) is 0.495. The number of rotatable bonds is 7. The summed E-state index contributed by atoms with van der Waals surface area (Å²) in [5.41, 5.74) is 1.25. The summed E-state index contributed by atoms with van der Waals surface area (Å²) >= 11 is 0. The van der Waals surface area contributed by atoms with E-state index in [2.05, 4.69) is 10.1 Å². The van der Waals surface area contributed by atoms with Crippen LogP contribution < -0.4 is 14.8 Å². The number of carbonyl (C=O) groups is 2. The van der Waals surface area contributed by atoms with Gasteiger partial charge in [-0.2, -0.15) is 0 Å². The molecule has 174 valence electrons. The molecule has 6 nitrogen and oxygen atoms in total. The van der Waals surface area contributed by atoms with Crippen molar-refractivity contribution in [2.24, 2.45) is 0 Å². The molecule has 3 aromatic rings. The Kier molecular flexibility index (Phi) is 6.27. The number of alkyl halides is 3. The van der Waals surface area contributed by atoms with Gasteiger partial charge in [0.2, 0.25) is 0 Å². The topological polar surface area (TPSA) is 67.9 Å². The highest BCUT2D eigenvalue weighted by atomic mass is 19.4. The standard InChI is InChI=1S/C25H19F3N2O4/c1-33-20-13-6-5-12-19(20)21-22(29-17-10-7-11-18(14-17)34-25(26,27)28)24(32)30(23(21)31)15-16-8-3-2-4-9-16/h2-14,29H,15H2,1H3. The zero-order chi connectivity index (χ0) is 24.3. The van der Waals surface area contributed by atoms with E-state index in [1.54, 1.807) is 48.5 Å². The number of nitrogens with one attached hydrogen (secondary N) is 1. The van der Waals surface area contributed by atoms with Gasteiger partial charge >= 0.3 is 6.36 Å². The van der Waals surface area contributed by atoms with Crippen molar-refractivity contribution in [3.8, 4) is 11.5 Å². The summed E-state index contributed by atoms with van der Waals surface area (Å²) in [4.78, 5) is 27.9. The van der Waals surface area contributed by atoms with Gasteiger partial charge in [0, 0.05) is 17.3 Å². The molecule has 1 aliphatic heterocycles. The lowest BCUT2D eigenvalue weighted by atomic mass is 10.0. The lowest BCUT2D eigenvalue weighted by Crippen LogP contribution is -2.32. The highest BCUT2D eigenvalue weighted by molar-refractivity contribution is 6.36. The maximum Gasteiger partial charge on any atom is 0.573 e. The van der Waals surface area contributed by atoms with E-state index < -0.39 is 23.9 Å². The fourth-order valence-electron chi connectivity index (χ4n) is 3.62. The van der Waals surface area contributed by atoms with Crippen LogP contribution in [-0.2, 0) is 16.1 Å². The Labute approximate surface area is 193 Å². The van der Waals surface area contributed by atoms with Crippen molar-refractivity contribution in [2.45, 2.75) is 12.9 Å². The molecule has 1 N–H and O–H groups in total. The van der Waals surface area contributed by atoms with Crippen molar-refractivity contribution in [3.63, 3.8) is 0 Å². The zero-order valence-electron chi connectivity index (χ0n) is 17.9. The second-order valence-electron chi connectivity index (χ2n) is 7.33. The van der Waals surface area contributed by atoms with Crippen LogP contribution >= 0.6 is 0 Å². The van der Waals surface area contributed by atoms with Gasteiger partial charge in [-0.25, -0.2) is 0 Å². The van der Waals surface area contributed by atoms with Gasteiger partial charge in [-0.3, -0.25) is 14.5 Å². The van der Waals surface area contributed by atoms with E-state index in [4.69, 9.17) is 4.74 Å². The Balaban J connectivity index is 1.75. The van der Waals surface area contributed by atoms with Crippen LogP contribution in [0.3, 0.4) is 0 Å². The molecule has 1 heterocycles. The minimum atomic E-state index is -4.87. The Morgan fingerprint density at radius 3 is 2.29 bits per heavy atom. The van der Waals surface area contributed by atoms with E-state index in [-0.39, 0.29) is 23.5 Å².